The van der Waals surface area contributed by atoms with Crippen molar-refractivity contribution in [3.8, 4) is 0 Å². The van der Waals surface area contributed by atoms with E-state index in [1.807, 2.05) is 6.92 Å². The van der Waals surface area contributed by atoms with Gasteiger partial charge in [0.1, 0.15) is 5.76 Å². The maximum absolute atomic E-state index is 8.83. The number of allylic oxidation sites excluding steroid dienone is 2. The van der Waals surface area contributed by atoms with Crippen LogP contribution in [0, 0.1) is 6.61 Å². The van der Waals surface area contributed by atoms with Gasteiger partial charge in [-0.2, -0.15) is 0 Å². The van der Waals surface area contributed by atoms with Crippen molar-refractivity contribution in [2.75, 3.05) is 0 Å². The molecule has 0 unspecified atom stereocenters. The van der Waals surface area contributed by atoms with E-state index >= 15 is 0 Å². The summed E-state index contributed by atoms with van der Waals surface area (Å²) in [5, 5.41) is 8.83. The molecule has 0 fully saturated rings. The maximum atomic E-state index is 8.83. The van der Waals surface area contributed by atoms with Crippen LogP contribution in [0.4, 0.5) is 0 Å². The molecule has 0 aromatic rings. The zero-order valence-electron chi connectivity index (χ0n) is 4.59. The summed E-state index contributed by atoms with van der Waals surface area (Å²) >= 11 is 0. The van der Waals surface area contributed by atoms with E-state index in [4.69, 9.17) is 5.11 Å². The molecule has 2 heteroatoms. The molecule has 1 aliphatic heterocycles. The Morgan fingerprint density at radius 1 is 1.62 bits per heavy atom. The molecule has 0 saturated carbocycles. The van der Waals surface area contributed by atoms with Gasteiger partial charge in [-0.15, -0.1) is 0 Å². The van der Waals surface area contributed by atoms with Crippen LogP contribution in [0.2, 0.25) is 0 Å². The normalized spacial score (nSPS) is 18.6. The van der Waals surface area contributed by atoms with Gasteiger partial charge in [-0.05, 0) is 18.6 Å². The maximum Gasteiger partial charge on any atom is 0.198 e. The van der Waals surface area contributed by atoms with Gasteiger partial charge >= 0.3 is 0 Å². The van der Waals surface area contributed by atoms with Crippen molar-refractivity contribution in [3.63, 3.8) is 0 Å². The second-order valence-electron chi connectivity index (χ2n) is 1.62. The van der Waals surface area contributed by atoms with Gasteiger partial charge in [-0.1, -0.05) is 0 Å². The number of hydrogen-bond donors (Lipinski definition) is 1. The Kier molecular flexibility index (Phi) is 1.24. The van der Waals surface area contributed by atoms with E-state index in [9.17, 15) is 0 Å². The molecular formula is C6H7O2. The highest BCUT2D eigenvalue weighted by molar-refractivity contribution is 5.24. The molecular weight excluding hydrogens is 104 g/mol. The lowest BCUT2D eigenvalue weighted by atomic mass is 10.2. The van der Waals surface area contributed by atoms with Crippen molar-refractivity contribution >= 4 is 0 Å². The minimum absolute atomic E-state index is 0.201. The SMILES string of the molecule is CC1=C(O)[CH]OC=C1. The van der Waals surface area contributed by atoms with Crippen molar-refractivity contribution < 1.29 is 9.84 Å². The fraction of sp³-hybridized carbons (Fsp3) is 0.167. The third kappa shape index (κ3) is 0.832. The van der Waals surface area contributed by atoms with Crippen LogP contribution in [-0.4, -0.2) is 5.11 Å². The number of ether oxygens (including phenoxy) is 1. The van der Waals surface area contributed by atoms with E-state index in [1.54, 1.807) is 6.08 Å². The van der Waals surface area contributed by atoms with Crippen molar-refractivity contribution in [1.82, 2.24) is 0 Å². The molecule has 0 aromatic carbocycles. The smallest absolute Gasteiger partial charge is 0.198 e. The van der Waals surface area contributed by atoms with Crippen molar-refractivity contribution in [2.24, 2.45) is 0 Å². The first-order chi connectivity index (χ1) is 3.80. The molecule has 1 radical (unpaired) electrons. The van der Waals surface area contributed by atoms with E-state index < -0.39 is 0 Å². The first kappa shape index (κ1) is 5.22. The molecule has 1 heterocycles. The lowest BCUT2D eigenvalue weighted by molar-refractivity contribution is 0.276. The molecule has 0 spiro atoms. The van der Waals surface area contributed by atoms with Gasteiger partial charge in [0.25, 0.3) is 0 Å². The summed E-state index contributed by atoms with van der Waals surface area (Å²) in [6, 6.07) is 0. The molecule has 0 amide bonds. The van der Waals surface area contributed by atoms with Gasteiger partial charge in [-0.25, -0.2) is 0 Å². The molecule has 0 bridgehead atoms. The summed E-state index contributed by atoms with van der Waals surface area (Å²) in [6.45, 7) is 3.11. The molecule has 8 heavy (non-hydrogen) atoms. The molecule has 43 valence electrons. The predicted molar refractivity (Wildman–Crippen MR) is 29.9 cm³/mol. The van der Waals surface area contributed by atoms with Gasteiger partial charge in [-0.3, -0.25) is 0 Å². The Morgan fingerprint density at radius 3 is 2.75 bits per heavy atom. The molecule has 0 aliphatic carbocycles. The number of rotatable bonds is 0. The average Bonchev–Trinajstić information content (AvgIpc) is 1.77. The second-order valence-corrected chi connectivity index (χ2v) is 1.62. The van der Waals surface area contributed by atoms with E-state index in [0.717, 1.165) is 5.57 Å². The zero-order chi connectivity index (χ0) is 5.98. The zero-order valence-corrected chi connectivity index (χ0v) is 4.59. The Labute approximate surface area is 48.1 Å². The summed E-state index contributed by atoms with van der Waals surface area (Å²) in [7, 11) is 0. The van der Waals surface area contributed by atoms with Crippen molar-refractivity contribution in [1.29, 1.82) is 0 Å². The summed E-state index contributed by atoms with van der Waals surface area (Å²) in [5.41, 5.74) is 0.830. The number of aliphatic hydroxyl groups excluding tert-OH is 1. The fourth-order valence-corrected chi connectivity index (χ4v) is 0.423. The third-order valence-corrected chi connectivity index (χ3v) is 0.980. The molecule has 0 aromatic heterocycles. The van der Waals surface area contributed by atoms with Crippen LogP contribution in [0.15, 0.2) is 23.7 Å². The van der Waals surface area contributed by atoms with Crippen molar-refractivity contribution in [2.45, 2.75) is 6.92 Å². The lowest BCUT2D eigenvalue weighted by Gasteiger charge is -2.05. The Bertz CT molecular complexity index is 145. The van der Waals surface area contributed by atoms with Crippen LogP contribution in [0.3, 0.4) is 0 Å². The topological polar surface area (TPSA) is 29.5 Å². The first-order valence-electron chi connectivity index (χ1n) is 2.36. The Hall–Kier alpha value is -0.920. The summed E-state index contributed by atoms with van der Waals surface area (Å²) < 4.78 is 4.64. The van der Waals surface area contributed by atoms with E-state index in [1.165, 1.54) is 12.9 Å². The quantitative estimate of drug-likeness (QED) is 0.513. The van der Waals surface area contributed by atoms with Crippen LogP contribution >= 0.6 is 0 Å². The fourth-order valence-electron chi connectivity index (χ4n) is 0.423. The van der Waals surface area contributed by atoms with Gasteiger partial charge in [0.2, 0.25) is 0 Å². The summed E-state index contributed by atoms with van der Waals surface area (Å²) in [4.78, 5) is 0. The third-order valence-electron chi connectivity index (χ3n) is 0.980. The predicted octanol–water partition coefficient (Wildman–Crippen LogP) is 1.52. The van der Waals surface area contributed by atoms with Crippen LogP contribution < -0.4 is 0 Å². The highest BCUT2D eigenvalue weighted by atomic mass is 16.5. The standard InChI is InChI=1S/C6H7O2/c1-5-2-3-8-4-6(5)7/h2-4,7H,1H3. The number of hydrogen-bond acceptors (Lipinski definition) is 2. The van der Waals surface area contributed by atoms with Crippen LogP contribution in [0.25, 0.3) is 0 Å². The molecule has 2 nitrogen and oxygen atoms in total. The van der Waals surface area contributed by atoms with E-state index in [2.05, 4.69) is 4.74 Å². The van der Waals surface area contributed by atoms with Crippen LogP contribution in [0.1, 0.15) is 6.92 Å². The summed E-state index contributed by atoms with van der Waals surface area (Å²) in [6.07, 6.45) is 3.23. The largest absolute Gasteiger partial charge is 0.508 e. The minimum Gasteiger partial charge on any atom is -0.508 e. The summed E-state index contributed by atoms with van der Waals surface area (Å²) in [5.74, 6) is 0.201. The second kappa shape index (κ2) is 1.90. The van der Waals surface area contributed by atoms with Crippen LogP contribution in [-0.2, 0) is 4.74 Å². The molecule has 0 saturated heterocycles. The monoisotopic (exact) mass is 111 g/mol. The van der Waals surface area contributed by atoms with Crippen LogP contribution in [0.5, 0.6) is 0 Å². The highest BCUT2D eigenvalue weighted by Gasteiger charge is 2.01. The minimum atomic E-state index is 0.201. The van der Waals surface area contributed by atoms with Gasteiger partial charge in [0.05, 0.1) is 6.26 Å². The van der Waals surface area contributed by atoms with E-state index in [-0.39, 0.29) is 5.76 Å². The molecule has 1 aliphatic rings. The molecule has 0 atom stereocenters. The Morgan fingerprint density at radius 2 is 2.38 bits per heavy atom. The number of aliphatic hydroxyl groups is 1. The van der Waals surface area contributed by atoms with Gasteiger partial charge in [0.15, 0.2) is 6.61 Å². The Balaban J connectivity index is 2.76. The van der Waals surface area contributed by atoms with Gasteiger partial charge in [0, 0.05) is 0 Å². The highest BCUT2D eigenvalue weighted by Crippen LogP contribution is 2.11. The first-order valence-corrected chi connectivity index (χ1v) is 2.36. The van der Waals surface area contributed by atoms with Gasteiger partial charge < -0.3 is 9.84 Å². The van der Waals surface area contributed by atoms with Crippen molar-refractivity contribution in [3.05, 3.63) is 30.3 Å². The van der Waals surface area contributed by atoms with E-state index in [0.29, 0.717) is 0 Å². The molecule has 1 N–H and O–H groups in total. The molecule has 1 rings (SSSR count). The average molecular weight is 111 g/mol. The lowest BCUT2D eigenvalue weighted by Crippen LogP contribution is -1.92.